The zero-order valence-corrected chi connectivity index (χ0v) is 21.4. The van der Waals surface area contributed by atoms with E-state index in [4.69, 9.17) is 18.6 Å². The zero-order chi connectivity index (χ0) is 26.8. The Morgan fingerprint density at radius 2 is 1.64 bits per heavy atom. The lowest BCUT2D eigenvalue weighted by Crippen LogP contribution is -2.22. The number of rotatable bonds is 7. The van der Waals surface area contributed by atoms with Gasteiger partial charge in [-0.25, -0.2) is 0 Å². The van der Waals surface area contributed by atoms with E-state index in [1.54, 1.807) is 19.2 Å². The molecule has 194 valence electrons. The molecule has 6 heteroatoms. The predicted molar refractivity (Wildman–Crippen MR) is 149 cm³/mol. The van der Waals surface area contributed by atoms with Gasteiger partial charge in [-0.3, -0.25) is 9.59 Å². The molecule has 5 aromatic rings. The van der Waals surface area contributed by atoms with Crippen LogP contribution in [0.15, 0.2) is 106 Å². The fraction of sp³-hybridized carbons (Fsp3) is 0.152. The molecule has 2 heterocycles. The van der Waals surface area contributed by atoms with Crippen molar-refractivity contribution in [2.24, 2.45) is 0 Å². The Morgan fingerprint density at radius 3 is 2.44 bits per heavy atom. The van der Waals surface area contributed by atoms with E-state index >= 15 is 0 Å². The van der Waals surface area contributed by atoms with Crippen molar-refractivity contribution in [2.45, 2.75) is 18.8 Å². The van der Waals surface area contributed by atoms with Crippen molar-refractivity contribution in [3.05, 3.63) is 124 Å². The molecule has 6 rings (SSSR count). The summed E-state index contributed by atoms with van der Waals surface area (Å²) in [5.74, 6) is 1.14. The van der Waals surface area contributed by atoms with Crippen molar-refractivity contribution in [3.8, 4) is 28.4 Å². The SMILES string of the molecule is COc1ccc(CCOc2ccccc2C2CC(=O)Oc3ccc4c(=O)c(-c5ccccc5)coc4c32)cc1. The topological polar surface area (TPSA) is 75.0 Å². The number of carbonyl (C=O) groups excluding carboxylic acids is 1. The van der Waals surface area contributed by atoms with Crippen molar-refractivity contribution in [1.29, 1.82) is 0 Å². The monoisotopic (exact) mass is 518 g/mol. The van der Waals surface area contributed by atoms with Gasteiger partial charge in [0.05, 0.1) is 31.1 Å². The van der Waals surface area contributed by atoms with Crippen molar-refractivity contribution in [1.82, 2.24) is 0 Å². The van der Waals surface area contributed by atoms with Crippen LogP contribution in [-0.2, 0) is 11.2 Å². The lowest BCUT2D eigenvalue weighted by molar-refractivity contribution is -0.135. The van der Waals surface area contributed by atoms with Gasteiger partial charge in [0.1, 0.15) is 29.1 Å². The maximum atomic E-state index is 13.5. The molecule has 6 nitrogen and oxygen atoms in total. The molecule has 1 aliphatic heterocycles. The van der Waals surface area contributed by atoms with Gasteiger partial charge in [-0.15, -0.1) is 0 Å². The third kappa shape index (κ3) is 4.77. The van der Waals surface area contributed by atoms with Crippen LogP contribution in [0.5, 0.6) is 17.2 Å². The molecule has 0 amide bonds. The molecule has 39 heavy (non-hydrogen) atoms. The van der Waals surface area contributed by atoms with Gasteiger partial charge in [0, 0.05) is 23.5 Å². The first-order valence-electron chi connectivity index (χ1n) is 12.8. The highest BCUT2D eigenvalue weighted by Gasteiger charge is 2.33. The first-order valence-corrected chi connectivity index (χ1v) is 12.8. The smallest absolute Gasteiger partial charge is 0.312 e. The number of carbonyl (C=O) groups is 1. The van der Waals surface area contributed by atoms with Gasteiger partial charge in [0.2, 0.25) is 5.43 Å². The second-order valence-corrected chi connectivity index (χ2v) is 9.41. The van der Waals surface area contributed by atoms with Crippen LogP contribution in [0.1, 0.15) is 29.0 Å². The summed E-state index contributed by atoms with van der Waals surface area (Å²) in [6, 6.07) is 28.3. The van der Waals surface area contributed by atoms with Crippen LogP contribution in [0.4, 0.5) is 0 Å². The average Bonchev–Trinajstić information content (AvgIpc) is 2.98. The number of ether oxygens (including phenoxy) is 3. The lowest BCUT2D eigenvalue weighted by Gasteiger charge is -2.27. The molecule has 0 fully saturated rings. The number of hydrogen-bond acceptors (Lipinski definition) is 6. The summed E-state index contributed by atoms with van der Waals surface area (Å²) in [7, 11) is 1.64. The second kappa shape index (κ2) is 10.5. The minimum Gasteiger partial charge on any atom is -0.497 e. The Labute approximate surface area is 225 Å². The highest BCUT2D eigenvalue weighted by Crippen LogP contribution is 2.45. The molecule has 0 radical (unpaired) electrons. The number of fused-ring (bicyclic) bond motifs is 3. The van der Waals surface area contributed by atoms with E-state index in [2.05, 4.69) is 0 Å². The molecule has 1 unspecified atom stereocenters. The van der Waals surface area contributed by atoms with E-state index in [1.807, 2.05) is 78.9 Å². The van der Waals surface area contributed by atoms with Gasteiger partial charge in [-0.2, -0.15) is 0 Å². The Bertz CT molecular complexity index is 1700. The van der Waals surface area contributed by atoms with Crippen LogP contribution < -0.4 is 19.6 Å². The molecule has 0 spiro atoms. The molecule has 1 aromatic heterocycles. The minimum atomic E-state index is -0.395. The van der Waals surface area contributed by atoms with Crippen LogP contribution in [0, 0.1) is 0 Å². The quantitative estimate of drug-likeness (QED) is 0.180. The van der Waals surface area contributed by atoms with E-state index in [0.717, 1.165) is 22.4 Å². The number of para-hydroxylation sites is 1. The number of hydrogen-bond donors (Lipinski definition) is 0. The first-order chi connectivity index (χ1) is 19.1. The Hall–Kier alpha value is -4.84. The summed E-state index contributed by atoms with van der Waals surface area (Å²) in [4.78, 5) is 26.2. The van der Waals surface area contributed by atoms with E-state index in [0.29, 0.717) is 46.6 Å². The lowest BCUT2D eigenvalue weighted by atomic mass is 9.84. The molecular formula is C33H26O6. The summed E-state index contributed by atoms with van der Waals surface area (Å²) in [5, 5.41) is 0.441. The van der Waals surface area contributed by atoms with Crippen LogP contribution in [0.25, 0.3) is 22.1 Å². The summed E-state index contributed by atoms with van der Waals surface area (Å²) < 4.78 is 23.2. The summed E-state index contributed by atoms with van der Waals surface area (Å²) in [6.07, 6.45) is 2.31. The van der Waals surface area contributed by atoms with Crippen molar-refractivity contribution >= 4 is 16.9 Å². The van der Waals surface area contributed by atoms with Gasteiger partial charge in [0.15, 0.2) is 0 Å². The maximum absolute atomic E-state index is 13.5. The number of esters is 1. The zero-order valence-electron chi connectivity index (χ0n) is 21.4. The van der Waals surface area contributed by atoms with Gasteiger partial charge in [0.25, 0.3) is 0 Å². The average molecular weight is 519 g/mol. The van der Waals surface area contributed by atoms with Crippen molar-refractivity contribution in [3.63, 3.8) is 0 Å². The van der Waals surface area contributed by atoms with Gasteiger partial charge in [-0.05, 0) is 41.5 Å². The summed E-state index contributed by atoms with van der Waals surface area (Å²) in [5.41, 5.74) is 4.19. The normalized spacial score (nSPS) is 14.5. The highest BCUT2D eigenvalue weighted by atomic mass is 16.5. The molecule has 0 N–H and O–H groups in total. The van der Waals surface area contributed by atoms with E-state index in [-0.39, 0.29) is 17.8 Å². The molecule has 0 bridgehead atoms. The number of benzene rings is 4. The second-order valence-electron chi connectivity index (χ2n) is 9.41. The highest BCUT2D eigenvalue weighted by molar-refractivity contribution is 5.90. The van der Waals surface area contributed by atoms with Crippen LogP contribution in [-0.4, -0.2) is 19.7 Å². The molecule has 0 aliphatic carbocycles. The first kappa shape index (κ1) is 24.5. The van der Waals surface area contributed by atoms with Crippen molar-refractivity contribution in [2.75, 3.05) is 13.7 Å². The molecule has 4 aromatic carbocycles. The molecule has 0 saturated heterocycles. The van der Waals surface area contributed by atoms with E-state index < -0.39 is 5.92 Å². The van der Waals surface area contributed by atoms with E-state index in [9.17, 15) is 9.59 Å². The fourth-order valence-corrected chi connectivity index (χ4v) is 5.11. The summed E-state index contributed by atoms with van der Waals surface area (Å²) >= 11 is 0. The molecular weight excluding hydrogens is 492 g/mol. The van der Waals surface area contributed by atoms with E-state index in [1.165, 1.54) is 6.26 Å². The number of methoxy groups -OCH3 is 1. The van der Waals surface area contributed by atoms with Gasteiger partial charge >= 0.3 is 5.97 Å². The molecule has 1 aliphatic rings. The predicted octanol–water partition coefficient (Wildman–Crippen LogP) is 6.53. The Morgan fingerprint density at radius 1 is 0.872 bits per heavy atom. The van der Waals surface area contributed by atoms with Crippen molar-refractivity contribution < 1.29 is 23.4 Å². The minimum absolute atomic E-state index is 0.106. The van der Waals surface area contributed by atoms with Crippen LogP contribution in [0.2, 0.25) is 0 Å². The largest absolute Gasteiger partial charge is 0.497 e. The Balaban J connectivity index is 1.36. The molecule has 0 saturated carbocycles. The van der Waals surface area contributed by atoms with Crippen LogP contribution >= 0.6 is 0 Å². The third-order valence-corrected chi connectivity index (χ3v) is 7.07. The summed E-state index contributed by atoms with van der Waals surface area (Å²) in [6.45, 7) is 0.457. The molecule has 1 atom stereocenters. The standard InChI is InChI=1S/C33H26O6/c1-36-23-13-11-21(12-14-23)17-18-37-28-10-6-5-9-24(28)26-19-30(34)39-29-16-15-25-32(35)27(20-38-33(25)31(26)29)22-7-3-2-4-8-22/h2-16,20,26H,17-19H2,1H3. The van der Waals surface area contributed by atoms with Crippen LogP contribution in [0.3, 0.4) is 0 Å². The maximum Gasteiger partial charge on any atom is 0.312 e. The third-order valence-electron chi connectivity index (χ3n) is 7.07. The fourth-order valence-electron chi connectivity index (χ4n) is 5.11. The van der Waals surface area contributed by atoms with Gasteiger partial charge in [-0.1, -0.05) is 60.7 Å². The van der Waals surface area contributed by atoms with Gasteiger partial charge < -0.3 is 18.6 Å². The Kier molecular flexibility index (Phi) is 6.59.